The summed E-state index contributed by atoms with van der Waals surface area (Å²) in [4.78, 5) is 11.6. The van der Waals surface area contributed by atoms with Crippen LogP contribution in [0.1, 0.15) is 20.3 Å². The van der Waals surface area contributed by atoms with Crippen LogP contribution < -0.4 is 11.1 Å². The topological polar surface area (TPSA) is 73.6 Å². The Bertz CT molecular complexity index is 453. The molecule has 0 spiro atoms. The monoisotopic (exact) mass is 298 g/mol. The lowest BCUT2D eigenvalue weighted by Gasteiger charge is -2.09. The van der Waals surface area contributed by atoms with E-state index in [-0.39, 0.29) is 24.6 Å². The third kappa shape index (κ3) is 7.63. The van der Waals surface area contributed by atoms with E-state index in [1.54, 1.807) is 0 Å². The van der Waals surface area contributed by atoms with Crippen molar-refractivity contribution in [2.24, 2.45) is 5.92 Å². The van der Waals surface area contributed by atoms with E-state index in [4.69, 9.17) is 15.2 Å². The van der Waals surface area contributed by atoms with Crippen LogP contribution in [-0.4, -0.2) is 32.3 Å². The van der Waals surface area contributed by atoms with Crippen molar-refractivity contribution in [2.75, 3.05) is 37.5 Å². The van der Waals surface area contributed by atoms with Gasteiger partial charge in [-0.05, 0) is 24.1 Å². The van der Waals surface area contributed by atoms with Crippen LogP contribution in [0.4, 0.5) is 15.8 Å². The number of nitrogens with one attached hydrogen (secondary N) is 1. The maximum atomic E-state index is 13.4. The highest BCUT2D eigenvalue weighted by molar-refractivity contribution is 5.91. The highest BCUT2D eigenvalue weighted by atomic mass is 19.1. The number of ether oxygens (including phenoxy) is 2. The number of hydrogen-bond acceptors (Lipinski definition) is 4. The second kappa shape index (κ2) is 9.31. The number of carbonyl (C=O) groups is 1. The largest absolute Gasteiger partial charge is 0.399 e. The predicted octanol–water partition coefficient (Wildman–Crippen LogP) is 2.43. The molecule has 0 aliphatic carbocycles. The van der Waals surface area contributed by atoms with Crippen LogP contribution in [0.5, 0.6) is 0 Å². The Labute approximate surface area is 124 Å². The van der Waals surface area contributed by atoms with Crippen molar-refractivity contribution < 1.29 is 18.7 Å². The molecule has 0 aliphatic rings. The summed E-state index contributed by atoms with van der Waals surface area (Å²) in [6.45, 7) is 6.04. The van der Waals surface area contributed by atoms with E-state index in [0.717, 1.165) is 0 Å². The van der Waals surface area contributed by atoms with E-state index in [0.29, 0.717) is 31.4 Å². The van der Waals surface area contributed by atoms with Gasteiger partial charge >= 0.3 is 0 Å². The highest BCUT2D eigenvalue weighted by Gasteiger charge is 2.07. The van der Waals surface area contributed by atoms with Crippen molar-refractivity contribution in [1.82, 2.24) is 0 Å². The highest BCUT2D eigenvalue weighted by Crippen LogP contribution is 2.17. The van der Waals surface area contributed by atoms with E-state index < -0.39 is 5.82 Å². The lowest BCUT2D eigenvalue weighted by Crippen LogP contribution is -2.16. The van der Waals surface area contributed by atoms with Gasteiger partial charge in [0.15, 0.2) is 0 Å². The zero-order valence-electron chi connectivity index (χ0n) is 12.5. The Morgan fingerprint density at radius 1 is 1.29 bits per heavy atom. The molecule has 3 N–H and O–H groups in total. The average molecular weight is 298 g/mol. The molecule has 0 fully saturated rings. The molecule has 21 heavy (non-hydrogen) atoms. The van der Waals surface area contributed by atoms with Crippen molar-refractivity contribution in [1.29, 1.82) is 0 Å². The first-order chi connectivity index (χ1) is 9.99. The second-order valence-electron chi connectivity index (χ2n) is 5.12. The molecule has 0 bridgehead atoms. The number of carbonyl (C=O) groups excluding carboxylic acids is 1. The predicted molar refractivity (Wildman–Crippen MR) is 80.5 cm³/mol. The summed E-state index contributed by atoms with van der Waals surface area (Å²) >= 11 is 0. The van der Waals surface area contributed by atoms with Gasteiger partial charge in [-0.3, -0.25) is 4.79 Å². The summed E-state index contributed by atoms with van der Waals surface area (Å²) in [6, 6.07) is 4.03. The molecule has 0 unspecified atom stereocenters. The molecule has 6 heteroatoms. The number of rotatable bonds is 9. The number of amides is 1. The maximum Gasteiger partial charge on any atom is 0.226 e. The van der Waals surface area contributed by atoms with Crippen LogP contribution in [0.2, 0.25) is 0 Å². The van der Waals surface area contributed by atoms with Crippen LogP contribution in [-0.2, 0) is 14.3 Å². The van der Waals surface area contributed by atoms with Crippen molar-refractivity contribution in [3.8, 4) is 0 Å². The summed E-state index contributed by atoms with van der Waals surface area (Å²) in [6.07, 6.45) is 0.151. The lowest BCUT2D eigenvalue weighted by atomic mass is 10.2. The van der Waals surface area contributed by atoms with E-state index in [1.165, 1.54) is 18.2 Å². The molecule has 118 valence electrons. The molecule has 5 nitrogen and oxygen atoms in total. The van der Waals surface area contributed by atoms with Gasteiger partial charge in [-0.2, -0.15) is 0 Å². The zero-order valence-corrected chi connectivity index (χ0v) is 12.5. The Balaban J connectivity index is 2.15. The van der Waals surface area contributed by atoms with Gasteiger partial charge in [0, 0.05) is 12.3 Å². The van der Waals surface area contributed by atoms with Gasteiger partial charge in [-0.25, -0.2) is 4.39 Å². The third-order valence-corrected chi connectivity index (χ3v) is 2.56. The third-order valence-electron chi connectivity index (χ3n) is 2.56. The molecule has 0 aromatic heterocycles. The molecule has 1 aromatic rings. The van der Waals surface area contributed by atoms with E-state index in [1.807, 2.05) is 0 Å². The van der Waals surface area contributed by atoms with E-state index in [9.17, 15) is 9.18 Å². The van der Waals surface area contributed by atoms with Gasteiger partial charge in [0.2, 0.25) is 5.91 Å². The fourth-order valence-corrected chi connectivity index (χ4v) is 1.56. The normalized spacial score (nSPS) is 10.9. The minimum Gasteiger partial charge on any atom is -0.399 e. The molecule has 1 amide bonds. The Morgan fingerprint density at radius 3 is 2.71 bits per heavy atom. The average Bonchev–Trinajstić information content (AvgIpc) is 2.41. The number of benzene rings is 1. The van der Waals surface area contributed by atoms with Crippen molar-refractivity contribution >= 4 is 17.3 Å². The Morgan fingerprint density at radius 2 is 2.00 bits per heavy atom. The molecule has 0 saturated heterocycles. The molecular formula is C15H23FN2O3. The van der Waals surface area contributed by atoms with Crippen LogP contribution in [0.15, 0.2) is 18.2 Å². The first-order valence-corrected chi connectivity index (χ1v) is 6.99. The van der Waals surface area contributed by atoms with Gasteiger partial charge in [-0.1, -0.05) is 13.8 Å². The Hall–Kier alpha value is -1.66. The lowest BCUT2D eigenvalue weighted by molar-refractivity contribution is -0.117. The van der Waals surface area contributed by atoms with Crippen molar-refractivity contribution in [2.45, 2.75) is 20.3 Å². The molecule has 0 saturated carbocycles. The summed E-state index contributed by atoms with van der Waals surface area (Å²) in [5, 5.41) is 2.46. The molecule has 1 rings (SSSR count). The molecule has 0 radical (unpaired) electrons. The second-order valence-corrected chi connectivity index (χ2v) is 5.12. The van der Waals surface area contributed by atoms with Crippen LogP contribution in [0.25, 0.3) is 0 Å². The SMILES string of the molecule is CC(C)COCCOCCC(=O)Nc1cc(N)ccc1F. The minimum atomic E-state index is -0.513. The molecule has 1 aromatic carbocycles. The number of halogens is 1. The summed E-state index contributed by atoms with van der Waals surface area (Å²) < 4.78 is 24.0. The standard InChI is InChI=1S/C15H23FN2O3/c1-11(2)10-21-8-7-20-6-5-15(19)18-14-9-12(17)3-4-13(14)16/h3-4,9,11H,5-8,10,17H2,1-2H3,(H,18,19). The minimum absolute atomic E-state index is 0.0836. The molecular weight excluding hydrogens is 275 g/mol. The maximum absolute atomic E-state index is 13.4. The van der Waals surface area contributed by atoms with Crippen molar-refractivity contribution in [3.63, 3.8) is 0 Å². The van der Waals surface area contributed by atoms with E-state index >= 15 is 0 Å². The number of nitrogens with two attached hydrogens (primary N) is 1. The number of hydrogen-bond donors (Lipinski definition) is 2. The quantitative estimate of drug-likeness (QED) is 0.542. The summed E-state index contributed by atoms with van der Waals surface area (Å²) in [5.41, 5.74) is 6.01. The molecule has 0 heterocycles. The van der Waals surface area contributed by atoms with Crippen LogP contribution in [0, 0.1) is 11.7 Å². The zero-order chi connectivity index (χ0) is 15.7. The fourth-order valence-electron chi connectivity index (χ4n) is 1.56. The van der Waals surface area contributed by atoms with Crippen LogP contribution in [0.3, 0.4) is 0 Å². The first kappa shape index (κ1) is 17.4. The van der Waals surface area contributed by atoms with E-state index in [2.05, 4.69) is 19.2 Å². The Kier molecular flexibility index (Phi) is 7.71. The van der Waals surface area contributed by atoms with Crippen LogP contribution >= 0.6 is 0 Å². The van der Waals surface area contributed by atoms with Gasteiger partial charge in [0.25, 0.3) is 0 Å². The molecule has 0 aliphatic heterocycles. The molecule has 0 atom stereocenters. The number of anilines is 2. The fraction of sp³-hybridized carbons (Fsp3) is 0.533. The number of nitrogen functional groups attached to an aromatic ring is 1. The first-order valence-electron chi connectivity index (χ1n) is 6.99. The van der Waals surface area contributed by atoms with Gasteiger partial charge in [-0.15, -0.1) is 0 Å². The van der Waals surface area contributed by atoms with Crippen molar-refractivity contribution in [3.05, 3.63) is 24.0 Å². The summed E-state index contributed by atoms with van der Waals surface area (Å²) in [5.74, 6) is -0.341. The van der Waals surface area contributed by atoms with Gasteiger partial charge in [0.1, 0.15) is 5.82 Å². The van der Waals surface area contributed by atoms with Gasteiger partial charge < -0.3 is 20.5 Å². The smallest absolute Gasteiger partial charge is 0.226 e. The van der Waals surface area contributed by atoms with Gasteiger partial charge in [0.05, 0.1) is 31.9 Å². The summed E-state index contributed by atoms with van der Waals surface area (Å²) in [7, 11) is 0.